The third-order valence-corrected chi connectivity index (χ3v) is 4.60. The van der Waals surface area contributed by atoms with E-state index in [1.165, 1.54) is 25.7 Å². The molecular formula is C16H21Cl2NO. The summed E-state index contributed by atoms with van der Waals surface area (Å²) in [5.74, 6) is 0.0551. The number of halogens is 2. The summed E-state index contributed by atoms with van der Waals surface area (Å²) in [6, 6.07) is 8.02. The normalized spacial score (nSPS) is 16.7. The fraction of sp³-hybridized carbons (Fsp3) is 0.562. The zero-order valence-electron chi connectivity index (χ0n) is 11.7. The van der Waals surface area contributed by atoms with Gasteiger partial charge in [-0.2, -0.15) is 0 Å². The number of hydrogen-bond donors (Lipinski definition) is 0. The van der Waals surface area contributed by atoms with Crippen LogP contribution in [0.1, 0.15) is 44.1 Å². The lowest BCUT2D eigenvalue weighted by Crippen LogP contribution is -2.40. The van der Waals surface area contributed by atoms with Gasteiger partial charge in [0, 0.05) is 17.6 Å². The molecule has 0 aromatic heterocycles. The highest BCUT2D eigenvalue weighted by Crippen LogP contribution is 2.25. The molecule has 2 nitrogen and oxygen atoms in total. The third kappa shape index (κ3) is 4.13. The summed E-state index contributed by atoms with van der Waals surface area (Å²) in [6.07, 6.45) is 7.08. The van der Waals surface area contributed by atoms with E-state index >= 15 is 0 Å². The summed E-state index contributed by atoms with van der Waals surface area (Å²) in [6.45, 7) is 0.565. The number of amides is 1. The number of rotatable bonds is 4. The predicted octanol–water partition coefficient (Wildman–Crippen LogP) is 4.63. The molecule has 0 unspecified atom stereocenters. The van der Waals surface area contributed by atoms with Gasteiger partial charge in [0.25, 0.3) is 0 Å². The maximum absolute atomic E-state index is 12.2. The molecule has 4 heteroatoms. The van der Waals surface area contributed by atoms with E-state index in [1.807, 2.05) is 29.2 Å². The first kappa shape index (κ1) is 15.7. The van der Waals surface area contributed by atoms with Crippen LogP contribution in [0.3, 0.4) is 0 Å². The lowest BCUT2D eigenvalue weighted by Gasteiger charge is -2.31. The topological polar surface area (TPSA) is 20.3 Å². The molecule has 2 rings (SSSR count). The minimum Gasteiger partial charge on any atom is -0.334 e. The van der Waals surface area contributed by atoms with Crippen LogP contribution in [0, 0.1) is 0 Å². The van der Waals surface area contributed by atoms with Crippen LogP contribution in [0.4, 0.5) is 0 Å². The van der Waals surface area contributed by atoms with E-state index in [4.69, 9.17) is 23.2 Å². The lowest BCUT2D eigenvalue weighted by molar-refractivity contribution is -0.131. The number of alkyl halides is 1. The first-order valence-electron chi connectivity index (χ1n) is 7.31. The molecule has 1 aromatic carbocycles. The molecule has 0 spiro atoms. The van der Waals surface area contributed by atoms with Gasteiger partial charge < -0.3 is 4.90 Å². The quantitative estimate of drug-likeness (QED) is 0.586. The van der Waals surface area contributed by atoms with E-state index in [2.05, 4.69) is 0 Å². The molecule has 0 heterocycles. The minimum atomic E-state index is 0.0125. The zero-order chi connectivity index (χ0) is 14.4. The van der Waals surface area contributed by atoms with Crippen molar-refractivity contribution in [2.75, 3.05) is 5.88 Å². The number of benzene rings is 1. The second kappa shape index (κ2) is 7.90. The van der Waals surface area contributed by atoms with Crippen molar-refractivity contribution in [1.29, 1.82) is 0 Å². The van der Waals surface area contributed by atoms with Gasteiger partial charge in [-0.1, -0.05) is 55.5 Å². The molecule has 1 fully saturated rings. The smallest absolute Gasteiger partial charge is 0.238 e. The Balaban J connectivity index is 2.14. The summed E-state index contributed by atoms with van der Waals surface area (Å²) in [4.78, 5) is 14.1. The van der Waals surface area contributed by atoms with E-state index in [0.717, 1.165) is 18.4 Å². The van der Waals surface area contributed by atoms with E-state index in [1.54, 1.807) is 0 Å². The maximum atomic E-state index is 12.2. The van der Waals surface area contributed by atoms with Crippen LogP contribution in [0.5, 0.6) is 0 Å². The van der Waals surface area contributed by atoms with Gasteiger partial charge in [-0.15, -0.1) is 11.6 Å². The molecule has 1 amide bonds. The van der Waals surface area contributed by atoms with Crippen molar-refractivity contribution in [1.82, 2.24) is 4.90 Å². The summed E-state index contributed by atoms with van der Waals surface area (Å²) >= 11 is 12.0. The first-order chi connectivity index (χ1) is 9.72. The van der Waals surface area contributed by atoms with Gasteiger partial charge in [0.15, 0.2) is 0 Å². The van der Waals surface area contributed by atoms with Crippen molar-refractivity contribution in [3.8, 4) is 0 Å². The molecule has 1 aliphatic carbocycles. The fourth-order valence-corrected chi connectivity index (χ4v) is 3.23. The first-order valence-corrected chi connectivity index (χ1v) is 8.22. The Bertz CT molecular complexity index is 442. The molecular weight excluding hydrogens is 293 g/mol. The van der Waals surface area contributed by atoms with Gasteiger partial charge in [0.2, 0.25) is 5.91 Å². The highest BCUT2D eigenvalue weighted by Gasteiger charge is 2.24. The van der Waals surface area contributed by atoms with Crippen molar-refractivity contribution in [2.45, 2.75) is 51.1 Å². The van der Waals surface area contributed by atoms with Crippen molar-refractivity contribution in [3.05, 3.63) is 34.9 Å². The molecule has 110 valence electrons. The Morgan fingerprint density at radius 2 is 1.80 bits per heavy atom. The van der Waals surface area contributed by atoms with Crippen molar-refractivity contribution >= 4 is 29.1 Å². The van der Waals surface area contributed by atoms with Crippen LogP contribution in [0.2, 0.25) is 5.02 Å². The Kier molecular flexibility index (Phi) is 6.18. The van der Waals surface area contributed by atoms with Crippen LogP contribution in [0.25, 0.3) is 0 Å². The van der Waals surface area contributed by atoms with Crippen molar-refractivity contribution in [2.24, 2.45) is 0 Å². The molecule has 1 saturated carbocycles. The van der Waals surface area contributed by atoms with Gasteiger partial charge >= 0.3 is 0 Å². The van der Waals surface area contributed by atoms with E-state index in [0.29, 0.717) is 17.6 Å². The number of hydrogen-bond acceptors (Lipinski definition) is 1. The number of carbonyl (C=O) groups is 1. The zero-order valence-corrected chi connectivity index (χ0v) is 13.2. The van der Waals surface area contributed by atoms with Crippen LogP contribution in [-0.2, 0) is 11.3 Å². The van der Waals surface area contributed by atoms with E-state index < -0.39 is 0 Å². The Labute approximate surface area is 131 Å². The van der Waals surface area contributed by atoms with E-state index in [-0.39, 0.29) is 11.8 Å². The predicted molar refractivity (Wildman–Crippen MR) is 84.2 cm³/mol. The van der Waals surface area contributed by atoms with Crippen molar-refractivity contribution < 1.29 is 4.79 Å². The number of carbonyl (C=O) groups excluding carboxylic acids is 1. The van der Waals surface area contributed by atoms with Gasteiger partial charge in [0.05, 0.1) is 0 Å². The largest absolute Gasteiger partial charge is 0.334 e. The summed E-state index contributed by atoms with van der Waals surface area (Å²) in [7, 11) is 0. The molecule has 0 radical (unpaired) electrons. The fourth-order valence-electron chi connectivity index (χ4n) is 2.88. The molecule has 0 N–H and O–H groups in total. The molecule has 0 atom stereocenters. The van der Waals surface area contributed by atoms with E-state index in [9.17, 15) is 4.79 Å². The standard InChI is InChI=1S/C16H21Cl2NO/c17-11-16(20)19(14-8-3-1-2-4-9-14)12-13-7-5-6-10-15(13)18/h5-7,10,14H,1-4,8-9,11-12H2. The maximum Gasteiger partial charge on any atom is 0.238 e. The lowest BCUT2D eigenvalue weighted by atomic mass is 10.1. The summed E-state index contributed by atoms with van der Waals surface area (Å²) < 4.78 is 0. The SMILES string of the molecule is O=C(CCl)N(Cc1ccccc1Cl)C1CCCCCC1. The monoisotopic (exact) mass is 313 g/mol. The second-order valence-corrected chi connectivity index (χ2v) is 6.07. The van der Waals surface area contributed by atoms with Gasteiger partial charge in [-0.3, -0.25) is 4.79 Å². The Hall–Kier alpha value is -0.730. The average Bonchev–Trinajstić information content (AvgIpc) is 2.74. The average molecular weight is 314 g/mol. The third-order valence-electron chi connectivity index (χ3n) is 4.00. The molecule has 1 aromatic rings. The van der Waals surface area contributed by atoms with Gasteiger partial charge in [0.1, 0.15) is 5.88 Å². The Morgan fingerprint density at radius 3 is 2.40 bits per heavy atom. The number of nitrogens with zero attached hydrogens (tertiary/aromatic N) is 1. The second-order valence-electron chi connectivity index (χ2n) is 5.39. The molecule has 0 saturated heterocycles. The van der Waals surface area contributed by atoms with Gasteiger partial charge in [-0.25, -0.2) is 0 Å². The minimum absolute atomic E-state index is 0.0125. The highest BCUT2D eigenvalue weighted by molar-refractivity contribution is 6.31. The van der Waals surface area contributed by atoms with Crippen LogP contribution >= 0.6 is 23.2 Å². The van der Waals surface area contributed by atoms with Gasteiger partial charge in [-0.05, 0) is 24.5 Å². The molecule has 1 aliphatic rings. The van der Waals surface area contributed by atoms with Crippen LogP contribution < -0.4 is 0 Å². The van der Waals surface area contributed by atoms with Crippen molar-refractivity contribution in [3.63, 3.8) is 0 Å². The molecule has 0 bridgehead atoms. The Morgan fingerprint density at radius 1 is 1.15 bits per heavy atom. The summed E-state index contributed by atoms with van der Waals surface area (Å²) in [5, 5.41) is 0.716. The molecule has 0 aliphatic heterocycles. The van der Waals surface area contributed by atoms with Crippen LogP contribution in [-0.4, -0.2) is 22.7 Å². The molecule has 20 heavy (non-hydrogen) atoms. The van der Waals surface area contributed by atoms with Crippen LogP contribution in [0.15, 0.2) is 24.3 Å². The highest BCUT2D eigenvalue weighted by atomic mass is 35.5. The summed E-state index contributed by atoms with van der Waals surface area (Å²) in [5.41, 5.74) is 0.997.